The van der Waals surface area contributed by atoms with E-state index in [1.54, 1.807) is 11.9 Å². The van der Waals surface area contributed by atoms with Crippen molar-refractivity contribution in [2.24, 2.45) is 0 Å². The molecular formula is C17H26N2O3S. The molecule has 1 saturated carbocycles. The third-order valence-electron chi connectivity index (χ3n) is 4.30. The average molecular weight is 338 g/mol. The average Bonchev–Trinajstić information content (AvgIpc) is 3.34. The summed E-state index contributed by atoms with van der Waals surface area (Å²) >= 11 is 0. The number of amides is 1. The molecule has 1 unspecified atom stereocenters. The van der Waals surface area contributed by atoms with Gasteiger partial charge in [0.05, 0.1) is 11.7 Å². The molecular weight excluding hydrogens is 312 g/mol. The number of sulfone groups is 1. The van der Waals surface area contributed by atoms with Crippen LogP contribution in [0.2, 0.25) is 0 Å². The molecule has 1 aromatic carbocycles. The Hall–Kier alpha value is -1.40. The van der Waals surface area contributed by atoms with E-state index in [4.69, 9.17) is 0 Å². The lowest BCUT2D eigenvalue weighted by Gasteiger charge is -2.26. The van der Waals surface area contributed by atoms with E-state index in [1.807, 2.05) is 30.3 Å². The van der Waals surface area contributed by atoms with E-state index in [2.05, 4.69) is 11.9 Å². The monoisotopic (exact) mass is 338 g/mol. The Morgan fingerprint density at radius 3 is 2.30 bits per heavy atom. The van der Waals surface area contributed by atoms with Gasteiger partial charge in [-0.15, -0.1) is 0 Å². The molecule has 0 N–H and O–H groups in total. The Kier molecular flexibility index (Phi) is 5.81. The van der Waals surface area contributed by atoms with Gasteiger partial charge in [-0.25, -0.2) is 8.42 Å². The third kappa shape index (κ3) is 5.62. The molecule has 0 aliphatic heterocycles. The van der Waals surface area contributed by atoms with Gasteiger partial charge >= 0.3 is 0 Å². The van der Waals surface area contributed by atoms with E-state index < -0.39 is 15.8 Å². The van der Waals surface area contributed by atoms with Crippen LogP contribution in [0.1, 0.15) is 24.3 Å². The molecule has 2 rings (SSSR count). The Labute approximate surface area is 139 Å². The quantitative estimate of drug-likeness (QED) is 0.718. The van der Waals surface area contributed by atoms with Crippen molar-refractivity contribution in [3.8, 4) is 0 Å². The van der Waals surface area contributed by atoms with Crippen molar-refractivity contribution in [1.82, 2.24) is 9.80 Å². The van der Waals surface area contributed by atoms with Crippen molar-refractivity contribution in [2.45, 2.75) is 24.8 Å². The van der Waals surface area contributed by atoms with Crippen LogP contribution in [0.5, 0.6) is 0 Å². The molecule has 0 bridgehead atoms. The molecule has 1 aliphatic carbocycles. The van der Waals surface area contributed by atoms with Gasteiger partial charge in [-0.05, 0) is 25.5 Å². The van der Waals surface area contributed by atoms with Crippen LogP contribution in [0.15, 0.2) is 30.3 Å². The molecule has 0 aromatic heterocycles. The summed E-state index contributed by atoms with van der Waals surface area (Å²) in [5.41, 5.74) is 0.755. The van der Waals surface area contributed by atoms with Crippen molar-refractivity contribution in [3.63, 3.8) is 0 Å². The van der Waals surface area contributed by atoms with Gasteiger partial charge in [0.1, 0.15) is 9.84 Å². The van der Waals surface area contributed by atoms with Crippen LogP contribution in [0.25, 0.3) is 0 Å². The van der Waals surface area contributed by atoms with Crippen LogP contribution in [-0.2, 0) is 14.6 Å². The largest absolute Gasteiger partial charge is 0.344 e. The second-order valence-electron chi connectivity index (χ2n) is 6.53. The van der Waals surface area contributed by atoms with Crippen LogP contribution in [0.3, 0.4) is 0 Å². The summed E-state index contributed by atoms with van der Waals surface area (Å²) in [5, 5.41) is 0. The Morgan fingerprint density at radius 1 is 1.17 bits per heavy atom. The minimum absolute atomic E-state index is 0.133. The van der Waals surface area contributed by atoms with Crippen LogP contribution in [0.4, 0.5) is 0 Å². The third-order valence-corrected chi connectivity index (χ3v) is 5.24. The van der Waals surface area contributed by atoms with Crippen molar-refractivity contribution in [1.29, 1.82) is 0 Å². The van der Waals surface area contributed by atoms with Crippen molar-refractivity contribution < 1.29 is 13.2 Å². The fourth-order valence-corrected chi connectivity index (χ4v) is 3.62. The van der Waals surface area contributed by atoms with E-state index in [0.29, 0.717) is 12.6 Å². The van der Waals surface area contributed by atoms with Crippen molar-refractivity contribution in [2.75, 3.05) is 39.2 Å². The van der Waals surface area contributed by atoms with Gasteiger partial charge in [0.25, 0.3) is 0 Å². The van der Waals surface area contributed by atoms with E-state index >= 15 is 0 Å². The lowest BCUT2D eigenvalue weighted by molar-refractivity contribution is -0.131. The highest BCUT2D eigenvalue weighted by Crippen LogP contribution is 2.25. The number of carbonyl (C=O) groups excluding carboxylic acids is 1. The van der Waals surface area contributed by atoms with Gasteiger partial charge in [0, 0.05) is 32.4 Å². The number of benzene rings is 1. The molecule has 6 heteroatoms. The summed E-state index contributed by atoms with van der Waals surface area (Å²) in [4.78, 5) is 16.7. The van der Waals surface area contributed by atoms with Crippen LogP contribution in [-0.4, -0.2) is 69.4 Å². The molecule has 1 atom stereocenters. The van der Waals surface area contributed by atoms with Gasteiger partial charge in [0.2, 0.25) is 5.91 Å². The highest BCUT2D eigenvalue weighted by atomic mass is 32.2. The second kappa shape index (κ2) is 7.45. The number of nitrogens with zero attached hydrogens (tertiary/aromatic N) is 2. The lowest BCUT2D eigenvalue weighted by Crippen LogP contribution is -2.39. The first kappa shape index (κ1) is 17.9. The molecule has 128 valence electrons. The minimum atomic E-state index is -3.24. The predicted molar refractivity (Wildman–Crippen MR) is 92.2 cm³/mol. The Bertz CT molecular complexity index is 626. The summed E-state index contributed by atoms with van der Waals surface area (Å²) in [5.74, 6) is -0.924. The highest BCUT2D eigenvalue weighted by molar-refractivity contribution is 7.90. The second-order valence-corrected chi connectivity index (χ2v) is 8.71. The number of rotatable bonds is 8. The molecule has 1 aromatic rings. The molecule has 0 saturated heterocycles. The van der Waals surface area contributed by atoms with Crippen molar-refractivity contribution in [3.05, 3.63) is 35.9 Å². The van der Waals surface area contributed by atoms with Crippen LogP contribution < -0.4 is 0 Å². The topological polar surface area (TPSA) is 57.7 Å². The first-order valence-corrected chi connectivity index (χ1v) is 10.0. The lowest BCUT2D eigenvalue weighted by atomic mass is 10.00. The van der Waals surface area contributed by atoms with E-state index in [0.717, 1.165) is 12.1 Å². The maximum absolute atomic E-state index is 12.8. The number of carbonyl (C=O) groups is 1. The number of hydrogen-bond donors (Lipinski definition) is 0. The summed E-state index contributed by atoms with van der Waals surface area (Å²) in [6.45, 7) is 1.42. The molecule has 0 radical (unpaired) electrons. The molecule has 0 spiro atoms. The number of likely N-dealkylation sites (N-methyl/N-ethyl adjacent to an activating group) is 2. The summed E-state index contributed by atoms with van der Waals surface area (Å²) in [7, 11) is 0.579. The molecule has 1 amide bonds. The number of hydrogen-bond acceptors (Lipinski definition) is 4. The highest BCUT2D eigenvalue weighted by Gasteiger charge is 2.29. The fraction of sp³-hybridized carbons (Fsp3) is 0.588. The standard InChI is InChI=1S/C17H26N2O3S/c1-18(15-9-10-15)11-12-19(2)17(20)16(13-23(3,21)22)14-7-5-4-6-8-14/h4-8,15-16H,9-13H2,1-3H3. The first-order valence-electron chi connectivity index (χ1n) is 7.96. The maximum Gasteiger partial charge on any atom is 0.230 e. The molecule has 0 heterocycles. The van der Waals surface area contributed by atoms with E-state index in [-0.39, 0.29) is 11.7 Å². The summed E-state index contributed by atoms with van der Waals surface area (Å²) < 4.78 is 23.5. The molecule has 23 heavy (non-hydrogen) atoms. The van der Waals surface area contributed by atoms with Crippen molar-refractivity contribution >= 4 is 15.7 Å². The van der Waals surface area contributed by atoms with Crippen LogP contribution in [0, 0.1) is 0 Å². The van der Waals surface area contributed by atoms with Crippen LogP contribution >= 0.6 is 0 Å². The Morgan fingerprint density at radius 2 is 1.78 bits per heavy atom. The van der Waals surface area contributed by atoms with Gasteiger partial charge in [-0.3, -0.25) is 4.79 Å². The summed E-state index contributed by atoms with van der Waals surface area (Å²) in [6.07, 6.45) is 3.64. The zero-order valence-corrected chi connectivity index (χ0v) is 14.9. The fourth-order valence-electron chi connectivity index (χ4n) is 2.68. The van der Waals surface area contributed by atoms with Gasteiger partial charge < -0.3 is 9.80 Å². The zero-order valence-electron chi connectivity index (χ0n) is 14.1. The Balaban J connectivity index is 2.05. The first-order chi connectivity index (χ1) is 10.8. The SMILES string of the molecule is CN(CCN(C)C1CC1)C(=O)C(CS(C)(=O)=O)c1ccccc1. The molecule has 1 fully saturated rings. The smallest absolute Gasteiger partial charge is 0.230 e. The normalized spacial score (nSPS) is 16.3. The van der Waals surface area contributed by atoms with E-state index in [1.165, 1.54) is 19.1 Å². The predicted octanol–water partition coefficient (Wildman–Crippen LogP) is 1.37. The summed E-state index contributed by atoms with van der Waals surface area (Å²) in [6, 6.07) is 9.81. The zero-order chi connectivity index (χ0) is 17.0. The van der Waals surface area contributed by atoms with Gasteiger partial charge in [-0.1, -0.05) is 30.3 Å². The van der Waals surface area contributed by atoms with Gasteiger partial charge in [-0.2, -0.15) is 0 Å². The molecule has 1 aliphatic rings. The van der Waals surface area contributed by atoms with E-state index in [9.17, 15) is 13.2 Å². The molecule has 5 nitrogen and oxygen atoms in total. The maximum atomic E-state index is 12.8. The minimum Gasteiger partial charge on any atom is -0.344 e. The van der Waals surface area contributed by atoms with Gasteiger partial charge in [0.15, 0.2) is 0 Å².